The lowest BCUT2D eigenvalue weighted by molar-refractivity contribution is -0.122. The fourth-order valence-electron chi connectivity index (χ4n) is 4.17. The number of sulfonamides is 1. The molecule has 2 amide bonds. The Morgan fingerprint density at radius 2 is 1.88 bits per heavy atom. The van der Waals surface area contributed by atoms with Crippen LogP contribution in [0.2, 0.25) is 0 Å². The second kappa shape index (κ2) is 10.3. The van der Waals surface area contributed by atoms with Gasteiger partial charge in [0.15, 0.2) is 0 Å². The van der Waals surface area contributed by atoms with E-state index in [9.17, 15) is 18.0 Å². The minimum Gasteiger partial charge on any atom is -0.354 e. The zero-order chi connectivity index (χ0) is 23.4. The third kappa shape index (κ3) is 5.96. The molecule has 3 heterocycles. The van der Waals surface area contributed by atoms with E-state index in [0.29, 0.717) is 38.3 Å². The Balaban J connectivity index is 1.36. The van der Waals surface area contributed by atoms with Crippen LogP contribution in [0.5, 0.6) is 0 Å². The van der Waals surface area contributed by atoms with Crippen LogP contribution < -0.4 is 10.6 Å². The van der Waals surface area contributed by atoms with Crippen molar-refractivity contribution in [3.8, 4) is 0 Å². The number of amides is 2. The SMILES string of the molecule is CS(=O)(=O)N1CCC(C(=O)Nc2c3c(nn2CC(=O)NCCc2ccccc2)CSC3)CC1. The topological polar surface area (TPSA) is 113 Å². The highest BCUT2D eigenvalue weighted by Crippen LogP contribution is 2.35. The van der Waals surface area contributed by atoms with Crippen molar-refractivity contribution in [1.82, 2.24) is 19.4 Å². The average Bonchev–Trinajstić information content (AvgIpc) is 3.36. The lowest BCUT2D eigenvalue weighted by atomic mass is 9.97. The first-order valence-electron chi connectivity index (χ1n) is 11.0. The molecular weight excluding hydrogens is 462 g/mol. The van der Waals surface area contributed by atoms with Crippen molar-refractivity contribution in [2.24, 2.45) is 5.92 Å². The number of hydrogen-bond acceptors (Lipinski definition) is 6. The summed E-state index contributed by atoms with van der Waals surface area (Å²) in [6, 6.07) is 9.95. The van der Waals surface area contributed by atoms with Crippen LogP contribution >= 0.6 is 11.8 Å². The van der Waals surface area contributed by atoms with Gasteiger partial charge >= 0.3 is 0 Å². The van der Waals surface area contributed by atoms with Gasteiger partial charge in [0.05, 0.1) is 11.9 Å². The summed E-state index contributed by atoms with van der Waals surface area (Å²) in [5.74, 6) is 1.52. The summed E-state index contributed by atoms with van der Waals surface area (Å²) < 4.78 is 26.4. The zero-order valence-electron chi connectivity index (χ0n) is 18.6. The first kappa shape index (κ1) is 23.8. The monoisotopic (exact) mass is 491 g/mol. The maximum Gasteiger partial charge on any atom is 0.241 e. The smallest absolute Gasteiger partial charge is 0.241 e. The molecule has 0 bridgehead atoms. The lowest BCUT2D eigenvalue weighted by Crippen LogP contribution is -2.41. The van der Waals surface area contributed by atoms with Gasteiger partial charge in [-0.2, -0.15) is 16.9 Å². The number of nitrogens with zero attached hydrogens (tertiary/aromatic N) is 3. The first-order valence-corrected chi connectivity index (χ1v) is 14.0. The molecular formula is C22H29N5O4S2. The molecule has 0 saturated carbocycles. The van der Waals surface area contributed by atoms with Crippen LogP contribution in [-0.4, -0.2) is 60.2 Å². The number of thioether (sulfide) groups is 1. The Labute approximate surface area is 198 Å². The second-order valence-electron chi connectivity index (χ2n) is 8.44. The highest BCUT2D eigenvalue weighted by atomic mass is 32.2. The van der Waals surface area contributed by atoms with E-state index in [2.05, 4.69) is 15.7 Å². The predicted octanol–water partition coefficient (Wildman–Crippen LogP) is 1.60. The molecule has 0 unspecified atom stereocenters. The van der Waals surface area contributed by atoms with Gasteiger partial charge in [0.25, 0.3) is 0 Å². The van der Waals surface area contributed by atoms with E-state index in [-0.39, 0.29) is 24.3 Å². The fraction of sp³-hybridized carbons (Fsp3) is 0.500. The third-order valence-electron chi connectivity index (χ3n) is 6.03. The highest BCUT2D eigenvalue weighted by Gasteiger charge is 2.31. The Kier molecular flexibility index (Phi) is 7.40. The molecule has 4 rings (SSSR count). The van der Waals surface area contributed by atoms with E-state index in [1.54, 1.807) is 16.4 Å². The normalized spacial score (nSPS) is 17.0. The summed E-state index contributed by atoms with van der Waals surface area (Å²) in [6.07, 6.45) is 2.89. The summed E-state index contributed by atoms with van der Waals surface area (Å²) >= 11 is 1.73. The number of piperidine rings is 1. The van der Waals surface area contributed by atoms with Gasteiger partial charge in [-0.3, -0.25) is 9.59 Å². The maximum absolute atomic E-state index is 13.0. The van der Waals surface area contributed by atoms with Crippen molar-refractivity contribution in [2.45, 2.75) is 37.3 Å². The van der Waals surface area contributed by atoms with Crippen LogP contribution in [0.3, 0.4) is 0 Å². The van der Waals surface area contributed by atoms with Gasteiger partial charge in [-0.05, 0) is 24.8 Å². The summed E-state index contributed by atoms with van der Waals surface area (Å²) in [4.78, 5) is 25.5. The maximum atomic E-state index is 13.0. The summed E-state index contributed by atoms with van der Waals surface area (Å²) in [7, 11) is -3.24. The van der Waals surface area contributed by atoms with Gasteiger partial charge in [-0.25, -0.2) is 17.4 Å². The standard InChI is InChI=1S/C22H29N5O4S2/c1-33(30,31)26-11-8-17(9-12-26)22(29)24-21-18-14-32-15-19(18)25-27(21)13-20(28)23-10-7-16-5-3-2-4-6-16/h2-6,17H,7-15H2,1H3,(H,23,28)(H,24,29). The summed E-state index contributed by atoms with van der Waals surface area (Å²) in [5, 5.41) is 10.5. The Morgan fingerprint density at radius 1 is 1.15 bits per heavy atom. The van der Waals surface area contributed by atoms with Gasteiger partial charge in [0.2, 0.25) is 21.8 Å². The minimum absolute atomic E-state index is 0.0363. The number of carbonyl (C=O) groups excluding carboxylic acids is 2. The molecule has 178 valence electrons. The highest BCUT2D eigenvalue weighted by molar-refractivity contribution is 7.98. The van der Waals surface area contributed by atoms with Crippen molar-refractivity contribution < 1.29 is 18.0 Å². The Morgan fingerprint density at radius 3 is 2.58 bits per heavy atom. The molecule has 9 nitrogen and oxygen atoms in total. The van der Waals surface area contributed by atoms with Crippen LogP contribution in [0.25, 0.3) is 0 Å². The molecule has 1 aromatic heterocycles. The Bertz CT molecular complexity index is 1110. The van der Waals surface area contributed by atoms with E-state index >= 15 is 0 Å². The van der Waals surface area contributed by atoms with E-state index < -0.39 is 10.0 Å². The second-order valence-corrected chi connectivity index (χ2v) is 11.4. The fourth-order valence-corrected chi connectivity index (χ4v) is 6.08. The van der Waals surface area contributed by atoms with Crippen LogP contribution in [0.15, 0.2) is 30.3 Å². The number of fused-ring (bicyclic) bond motifs is 1. The van der Waals surface area contributed by atoms with Crippen LogP contribution in [0.4, 0.5) is 5.82 Å². The summed E-state index contributed by atoms with van der Waals surface area (Å²) in [6.45, 7) is 1.25. The molecule has 0 spiro atoms. The van der Waals surface area contributed by atoms with Gasteiger partial charge in [-0.1, -0.05) is 30.3 Å². The third-order valence-corrected chi connectivity index (χ3v) is 8.30. The van der Waals surface area contributed by atoms with E-state index in [4.69, 9.17) is 0 Å². The first-order chi connectivity index (χ1) is 15.8. The molecule has 2 aromatic rings. The van der Waals surface area contributed by atoms with Gasteiger partial charge in [0, 0.05) is 42.6 Å². The molecule has 2 aliphatic rings. The average molecular weight is 492 g/mol. The van der Waals surface area contributed by atoms with Crippen LogP contribution in [-0.2, 0) is 44.1 Å². The van der Waals surface area contributed by atoms with Gasteiger partial charge in [-0.15, -0.1) is 0 Å². The largest absolute Gasteiger partial charge is 0.354 e. The van der Waals surface area contributed by atoms with Gasteiger partial charge < -0.3 is 10.6 Å². The van der Waals surface area contributed by atoms with Crippen molar-refractivity contribution in [1.29, 1.82) is 0 Å². The van der Waals surface area contributed by atoms with Crippen LogP contribution in [0, 0.1) is 5.92 Å². The molecule has 1 saturated heterocycles. The zero-order valence-corrected chi connectivity index (χ0v) is 20.3. The van der Waals surface area contributed by atoms with Crippen molar-refractivity contribution in [3.63, 3.8) is 0 Å². The predicted molar refractivity (Wildman–Crippen MR) is 128 cm³/mol. The number of aromatic nitrogens is 2. The van der Waals surface area contributed by atoms with Crippen molar-refractivity contribution in [2.75, 3.05) is 31.2 Å². The van der Waals surface area contributed by atoms with E-state index in [1.165, 1.54) is 10.6 Å². The van der Waals surface area contributed by atoms with E-state index in [1.807, 2.05) is 30.3 Å². The molecule has 0 atom stereocenters. The quantitative estimate of drug-likeness (QED) is 0.580. The number of benzene rings is 1. The molecule has 1 aromatic carbocycles. The van der Waals surface area contributed by atoms with Gasteiger partial charge in [0.1, 0.15) is 12.4 Å². The molecule has 1 fully saturated rings. The molecule has 0 aliphatic carbocycles. The number of carbonyl (C=O) groups is 2. The van der Waals surface area contributed by atoms with Crippen molar-refractivity contribution in [3.05, 3.63) is 47.2 Å². The molecule has 33 heavy (non-hydrogen) atoms. The minimum atomic E-state index is -3.24. The molecule has 2 aliphatic heterocycles. The summed E-state index contributed by atoms with van der Waals surface area (Å²) in [5.41, 5.74) is 3.03. The number of rotatable bonds is 8. The lowest BCUT2D eigenvalue weighted by Gasteiger charge is -2.29. The van der Waals surface area contributed by atoms with Crippen molar-refractivity contribution >= 4 is 39.4 Å². The van der Waals surface area contributed by atoms with Crippen LogP contribution in [0.1, 0.15) is 29.7 Å². The molecule has 2 N–H and O–H groups in total. The van der Waals surface area contributed by atoms with E-state index in [0.717, 1.165) is 34.7 Å². The molecule has 0 radical (unpaired) electrons. The molecule has 11 heteroatoms. The number of anilines is 1. The number of hydrogen-bond donors (Lipinski definition) is 2. The Hall–Kier alpha value is -2.37. The number of nitrogens with one attached hydrogen (secondary N) is 2.